The van der Waals surface area contributed by atoms with Crippen molar-refractivity contribution in [2.45, 2.75) is 51.0 Å². The maximum absolute atomic E-state index is 13.0. The number of nitrogens with one attached hydrogen (secondary N) is 3. The quantitative estimate of drug-likeness (QED) is 0.278. The summed E-state index contributed by atoms with van der Waals surface area (Å²) in [5.41, 5.74) is 3.96. The number of para-hydroxylation sites is 1. The van der Waals surface area contributed by atoms with Crippen molar-refractivity contribution >= 4 is 29.1 Å². The standard InChI is InChI=1S/C25H31N3O6/c1-33-19-15-17-8-7-13-34-22(11-3-2-4-12-23(29)28-32)25(31)27-21-10-6-5-9-20(21)24(30)26-18(14-17)16-19/h5-6,9-10,14-16,22,32H,2-4,7-8,11-13H2,1H3,(H,26,30)(H,27,31)(H,28,29). The van der Waals surface area contributed by atoms with Crippen molar-refractivity contribution in [1.29, 1.82) is 0 Å². The number of rotatable bonds is 7. The molecule has 1 aliphatic rings. The number of carbonyl (C=O) groups is 3. The fourth-order valence-corrected chi connectivity index (χ4v) is 3.84. The van der Waals surface area contributed by atoms with Gasteiger partial charge >= 0.3 is 0 Å². The van der Waals surface area contributed by atoms with E-state index in [2.05, 4.69) is 10.6 Å². The Labute approximate surface area is 198 Å². The molecule has 182 valence electrons. The molecule has 3 amide bonds. The molecule has 2 aromatic rings. The Hall–Kier alpha value is -3.43. The number of anilines is 2. The van der Waals surface area contributed by atoms with E-state index in [4.69, 9.17) is 14.7 Å². The Balaban J connectivity index is 1.77. The second kappa shape index (κ2) is 12.7. The van der Waals surface area contributed by atoms with Gasteiger partial charge in [0.2, 0.25) is 5.91 Å². The minimum Gasteiger partial charge on any atom is -0.497 e. The topological polar surface area (TPSA) is 126 Å². The molecule has 9 heteroatoms. The van der Waals surface area contributed by atoms with Crippen molar-refractivity contribution in [3.05, 3.63) is 53.6 Å². The molecule has 0 saturated heterocycles. The van der Waals surface area contributed by atoms with Gasteiger partial charge < -0.3 is 20.1 Å². The highest BCUT2D eigenvalue weighted by atomic mass is 16.5. The molecule has 0 saturated carbocycles. The summed E-state index contributed by atoms with van der Waals surface area (Å²) in [6, 6.07) is 12.4. The van der Waals surface area contributed by atoms with Crippen LogP contribution >= 0.6 is 0 Å². The predicted molar refractivity (Wildman–Crippen MR) is 127 cm³/mol. The van der Waals surface area contributed by atoms with Crippen LogP contribution in [0, 0.1) is 0 Å². The molecule has 3 rings (SSSR count). The van der Waals surface area contributed by atoms with Crippen molar-refractivity contribution in [2.24, 2.45) is 0 Å². The van der Waals surface area contributed by atoms with Crippen LogP contribution in [0.15, 0.2) is 42.5 Å². The highest BCUT2D eigenvalue weighted by Crippen LogP contribution is 2.25. The fourth-order valence-electron chi connectivity index (χ4n) is 3.84. The molecule has 0 aliphatic carbocycles. The maximum Gasteiger partial charge on any atom is 0.257 e. The summed E-state index contributed by atoms with van der Waals surface area (Å²) in [4.78, 5) is 37.2. The van der Waals surface area contributed by atoms with E-state index >= 15 is 0 Å². The van der Waals surface area contributed by atoms with E-state index in [1.807, 2.05) is 12.1 Å². The number of hydrogen-bond donors (Lipinski definition) is 4. The molecule has 1 heterocycles. The summed E-state index contributed by atoms with van der Waals surface area (Å²) in [5.74, 6) is -0.435. The zero-order valence-corrected chi connectivity index (χ0v) is 19.3. The number of benzene rings is 2. The Morgan fingerprint density at radius 3 is 2.76 bits per heavy atom. The van der Waals surface area contributed by atoms with E-state index in [0.29, 0.717) is 67.8 Å². The Morgan fingerprint density at radius 1 is 1.15 bits per heavy atom. The van der Waals surface area contributed by atoms with Gasteiger partial charge in [0.05, 0.1) is 18.4 Å². The minimum atomic E-state index is -0.688. The fraction of sp³-hybridized carbons (Fsp3) is 0.400. The lowest BCUT2D eigenvalue weighted by Gasteiger charge is -2.20. The summed E-state index contributed by atoms with van der Waals surface area (Å²) < 4.78 is 11.3. The van der Waals surface area contributed by atoms with E-state index < -0.39 is 12.0 Å². The van der Waals surface area contributed by atoms with E-state index in [9.17, 15) is 14.4 Å². The number of fused-ring (bicyclic) bond motifs is 3. The molecule has 0 radical (unpaired) electrons. The zero-order valence-electron chi connectivity index (χ0n) is 19.3. The average Bonchev–Trinajstić information content (AvgIpc) is 2.84. The maximum atomic E-state index is 13.0. The summed E-state index contributed by atoms with van der Waals surface area (Å²) in [6.07, 6.45) is 3.39. The van der Waals surface area contributed by atoms with Crippen LogP contribution in [-0.2, 0) is 20.7 Å². The molecule has 0 spiro atoms. The summed E-state index contributed by atoms with van der Waals surface area (Å²) in [7, 11) is 1.58. The van der Waals surface area contributed by atoms with E-state index in [-0.39, 0.29) is 18.2 Å². The molecule has 0 fully saturated rings. The highest BCUT2D eigenvalue weighted by Gasteiger charge is 2.22. The number of hydroxylamine groups is 1. The average molecular weight is 470 g/mol. The van der Waals surface area contributed by atoms with Crippen LogP contribution in [0.25, 0.3) is 0 Å². The summed E-state index contributed by atoms with van der Waals surface area (Å²) in [5, 5.41) is 14.3. The molecule has 34 heavy (non-hydrogen) atoms. The third kappa shape index (κ3) is 7.29. The molecular formula is C25H31N3O6. The summed E-state index contributed by atoms with van der Waals surface area (Å²) >= 11 is 0. The Kier molecular flexibility index (Phi) is 9.42. The third-order valence-electron chi connectivity index (χ3n) is 5.61. The smallest absolute Gasteiger partial charge is 0.257 e. The first-order valence-electron chi connectivity index (χ1n) is 11.4. The number of hydrogen-bond acceptors (Lipinski definition) is 6. The van der Waals surface area contributed by atoms with Gasteiger partial charge in [0.1, 0.15) is 11.9 Å². The highest BCUT2D eigenvalue weighted by molar-refractivity contribution is 6.10. The molecule has 1 aliphatic heterocycles. The van der Waals surface area contributed by atoms with Crippen LogP contribution in [0.5, 0.6) is 5.75 Å². The predicted octanol–water partition coefficient (Wildman–Crippen LogP) is 3.67. The number of ether oxygens (including phenoxy) is 2. The normalized spacial score (nSPS) is 16.5. The molecule has 1 unspecified atom stereocenters. The first-order chi connectivity index (χ1) is 16.5. The first kappa shape index (κ1) is 25.2. The molecule has 1 atom stereocenters. The van der Waals surface area contributed by atoms with E-state index in [1.54, 1.807) is 42.9 Å². The lowest BCUT2D eigenvalue weighted by atomic mass is 10.1. The molecule has 4 N–H and O–H groups in total. The van der Waals surface area contributed by atoms with Crippen LogP contribution in [0.1, 0.15) is 54.4 Å². The van der Waals surface area contributed by atoms with Crippen LogP contribution < -0.4 is 20.9 Å². The van der Waals surface area contributed by atoms with Crippen LogP contribution in [-0.4, -0.2) is 42.7 Å². The Bertz CT molecular complexity index is 1010. The van der Waals surface area contributed by atoms with Gasteiger partial charge in [-0.1, -0.05) is 25.0 Å². The van der Waals surface area contributed by atoms with Crippen LogP contribution in [0.4, 0.5) is 11.4 Å². The lowest BCUT2D eigenvalue weighted by molar-refractivity contribution is -0.129. The monoisotopic (exact) mass is 469 g/mol. The number of aryl methyl sites for hydroxylation is 1. The minimum absolute atomic E-state index is 0.221. The molecule has 0 aromatic heterocycles. The number of methoxy groups -OCH3 is 1. The number of unbranched alkanes of at least 4 members (excludes halogenated alkanes) is 2. The summed E-state index contributed by atoms with van der Waals surface area (Å²) in [6.45, 7) is 0.394. The van der Waals surface area contributed by atoms with Gasteiger partial charge in [-0.15, -0.1) is 0 Å². The van der Waals surface area contributed by atoms with Crippen molar-refractivity contribution in [3.63, 3.8) is 0 Å². The largest absolute Gasteiger partial charge is 0.497 e. The third-order valence-corrected chi connectivity index (χ3v) is 5.61. The van der Waals surface area contributed by atoms with Crippen molar-refractivity contribution in [3.8, 4) is 5.75 Å². The Morgan fingerprint density at radius 2 is 1.97 bits per heavy atom. The van der Waals surface area contributed by atoms with Gasteiger partial charge in [-0.05, 0) is 55.5 Å². The molecule has 9 nitrogen and oxygen atoms in total. The number of carbonyl (C=O) groups excluding carboxylic acids is 3. The van der Waals surface area contributed by atoms with E-state index in [1.165, 1.54) is 0 Å². The van der Waals surface area contributed by atoms with E-state index in [0.717, 1.165) is 5.56 Å². The van der Waals surface area contributed by atoms with Gasteiger partial charge in [-0.2, -0.15) is 0 Å². The SMILES string of the molecule is COc1cc2cc(c1)NC(=O)c1ccccc1NC(=O)C(CCCCCC(=O)NO)OCCC2. The van der Waals surface area contributed by atoms with Gasteiger partial charge in [0.25, 0.3) is 11.8 Å². The van der Waals surface area contributed by atoms with Gasteiger partial charge in [-0.25, -0.2) is 5.48 Å². The molecule has 2 bridgehead atoms. The van der Waals surface area contributed by atoms with Crippen molar-refractivity contribution in [1.82, 2.24) is 5.48 Å². The van der Waals surface area contributed by atoms with Crippen molar-refractivity contribution in [2.75, 3.05) is 24.4 Å². The lowest BCUT2D eigenvalue weighted by Crippen LogP contribution is -2.32. The second-order valence-electron chi connectivity index (χ2n) is 8.16. The van der Waals surface area contributed by atoms with Crippen LogP contribution in [0.2, 0.25) is 0 Å². The van der Waals surface area contributed by atoms with Gasteiger partial charge in [0.15, 0.2) is 0 Å². The van der Waals surface area contributed by atoms with Crippen LogP contribution in [0.3, 0.4) is 0 Å². The molecular weight excluding hydrogens is 438 g/mol. The number of amides is 3. The second-order valence-corrected chi connectivity index (χ2v) is 8.16. The first-order valence-corrected chi connectivity index (χ1v) is 11.4. The zero-order chi connectivity index (χ0) is 24.3. The van der Waals surface area contributed by atoms with Gasteiger partial charge in [-0.3, -0.25) is 19.6 Å². The van der Waals surface area contributed by atoms with Crippen molar-refractivity contribution < 1.29 is 29.1 Å². The van der Waals surface area contributed by atoms with Gasteiger partial charge in [0, 0.05) is 24.8 Å². The molecule has 2 aromatic carbocycles.